The van der Waals surface area contributed by atoms with E-state index in [1.807, 2.05) is 84.9 Å². The van der Waals surface area contributed by atoms with Crippen LogP contribution in [0.25, 0.3) is 0 Å². The summed E-state index contributed by atoms with van der Waals surface area (Å²) in [5.74, 6) is 1.77. The van der Waals surface area contributed by atoms with Crippen molar-refractivity contribution in [2.24, 2.45) is 0 Å². The summed E-state index contributed by atoms with van der Waals surface area (Å²) in [5, 5.41) is 0. The Bertz CT molecular complexity index is 1220. The highest BCUT2D eigenvalue weighted by Gasteiger charge is 2.77. The van der Waals surface area contributed by atoms with Gasteiger partial charge >= 0.3 is 0 Å². The zero-order valence-electron chi connectivity index (χ0n) is 16.1. The third kappa shape index (κ3) is 2.18. The summed E-state index contributed by atoms with van der Waals surface area (Å²) in [7, 11) is 0. The lowest BCUT2D eigenvalue weighted by molar-refractivity contribution is 0.0946. The average Bonchev–Trinajstić information content (AvgIpc) is 3.51. The molecule has 1 fully saturated rings. The quantitative estimate of drug-likeness (QED) is 0.285. The molecule has 0 N–H and O–H groups in total. The van der Waals surface area contributed by atoms with Crippen LogP contribution in [-0.2, 0) is 9.49 Å². The normalized spacial score (nSPS) is 20.0. The van der Waals surface area contributed by atoms with Gasteiger partial charge in [-0.2, -0.15) is 0 Å². The molecular weight excluding hydrogens is 388 g/mol. The van der Waals surface area contributed by atoms with E-state index in [4.69, 9.17) is 4.74 Å². The van der Waals surface area contributed by atoms with E-state index < -0.39 is 9.49 Å². The van der Waals surface area contributed by atoms with Crippen LogP contribution in [0.2, 0.25) is 0 Å². The van der Waals surface area contributed by atoms with Crippen molar-refractivity contribution in [2.45, 2.75) is 9.49 Å². The van der Waals surface area contributed by atoms with Crippen LogP contribution in [0.15, 0.2) is 109 Å². The predicted octanol–water partition coefficient (Wildman–Crippen LogP) is 6.56. The molecule has 0 unspecified atom stereocenters. The fraction of sp³-hybridized carbons (Fsp3) is 0.0741. The number of fused-ring (bicyclic) bond motifs is 4. The molecule has 2 aliphatic heterocycles. The van der Waals surface area contributed by atoms with E-state index in [1.165, 1.54) is 0 Å². The molecule has 6 rings (SSSR count). The number of para-hydroxylation sites is 2. The van der Waals surface area contributed by atoms with Gasteiger partial charge in [-0.3, -0.25) is 4.79 Å². The van der Waals surface area contributed by atoms with E-state index in [9.17, 15) is 4.79 Å². The summed E-state index contributed by atoms with van der Waals surface area (Å²) in [4.78, 5) is 14.2. The molecule has 0 bridgehead atoms. The summed E-state index contributed by atoms with van der Waals surface area (Å²) in [5.41, 5.74) is 3.87. The number of hydrogen-bond donors (Lipinski definition) is 0. The number of rotatable bonds is 3. The molecule has 1 saturated heterocycles. The van der Waals surface area contributed by atoms with Crippen molar-refractivity contribution in [3.63, 3.8) is 0 Å². The van der Waals surface area contributed by atoms with E-state index in [0.717, 1.165) is 33.8 Å². The van der Waals surface area contributed by atoms with Gasteiger partial charge in [0.05, 0.1) is 0 Å². The molecule has 1 spiro atoms. The standard InChI is InChI=1S/C27H18O2S/c28-25(19-11-3-1-4-12-19)26(20-13-5-2-6-14-20)27(30-26)21-15-7-9-17-23(21)29-24-18-10-8-16-22(24)27/h1-18H/t26-/m1/s1. The first kappa shape index (κ1) is 17.5. The number of carbonyl (C=O) groups is 1. The molecule has 2 heterocycles. The third-order valence-corrected chi connectivity index (χ3v) is 7.93. The van der Waals surface area contributed by atoms with Gasteiger partial charge in [-0.15, -0.1) is 11.8 Å². The van der Waals surface area contributed by atoms with Crippen LogP contribution in [0.5, 0.6) is 11.5 Å². The SMILES string of the molecule is O=C(c1ccccc1)[C@@]1(c2ccccc2)SC12c1ccccc1Oc1ccccc12. The average molecular weight is 407 g/mol. The van der Waals surface area contributed by atoms with Crippen LogP contribution in [0.1, 0.15) is 27.0 Å². The summed E-state index contributed by atoms with van der Waals surface area (Å²) < 4.78 is 4.98. The van der Waals surface area contributed by atoms with Gasteiger partial charge in [0, 0.05) is 16.7 Å². The Morgan fingerprint density at radius 1 is 0.633 bits per heavy atom. The van der Waals surface area contributed by atoms with Crippen molar-refractivity contribution < 1.29 is 9.53 Å². The lowest BCUT2D eigenvalue weighted by atomic mass is 9.72. The molecule has 0 aromatic heterocycles. The van der Waals surface area contributed by atoms with Gasteiger partial charge in [-0.1, -0.05) is 97.1 Å². The Morgan fingerprint density at radius 3 is 1.73 bits per heavy atom. The van der Waals surface area contributed by atoms with E-state index in [2.05, 4.69) is 24.3 Å². The number of ketones is 1. The van der Waals surface area contributed by atoms with Gasteiger partial charge in [0.15, 0.2) is 5.78 Å². The Kier molecular flexibility index (Phi) is 3.71. The maximum Gasteiger partial charge on any atom is 0.185 e. The van der Waals surface area contributed by atoms with E-state index in [0.29, 0.717) is 0 Å². The highest BCUT2D eigenvalue weighted by Crippen LogP contribution is 2.82. The van der Waals surface area contributed by atoms with Crippen LogP contribution in [0, 0.1) is 0 Å². The molecule has 0 amide bonds. The largest absolute Gasteiger partial charge is 0.457 e. The Morgan fingerprint density at radius 2 is 1.13 bits per heavy atom. The highest BCUT2D eigenvalue weighted by atomic mass is 32.2. The summed E-state index contributed by atoms with van der Waals surface area (Å²) >= 11 is 1.72. The number of thioether (sulfide) groups is 1. The topological polar surface area (TPSA) is 26.3 Å². The van der Waals surface area contributed by atoms with Gasteiger partial charge < -0.3 is 4.74 Å². The van der Waals surface area contributed by atoms with Gasteiger partial charge in [-0.05, 0) is 17.7 Å². The second kappa shape index (κ2) is 6.35. The molecule has 30 heavy (non-hydrogen) atoms. The van der Waals surface area contributed by atoms with Crippen molar-refractivity contribution >= 4 is 17.5 Å². The predicted molar refractivity (Wildman–Crippen MR) is 120 cm³/mol. The van der Waals surface area contributed by atoms with Crippen LogP contribution in [-0.4, -0.2) is 5.78 Å². The molecule has 2 aliphatic rings. The van der Waals surface area contributed by atoms with E-state index >= 15 is 0 Å². The van der Waals surface area contributed by atoms with E-state index in [-0.39, 0.29) is 5.78 Å². The number of ether oxygens (including phenoxy) is 1. The maximum absolute atomic E-state index is 14.2. The smallest absolute Gasteiger partial charge is 0.185 e. The molecule has 4 aromatic carbocycles. The second-order valence-electron chi connectivity index (χ2n) is 7.62. The van der Waals surface area contributed by atoms with Crippen LogP contribution in [0.4, 0.5) is 0 Å². The van der Waals surface area contributed by atoms with Gasteiger partial charge in [-0.25, -0.2) is 0 Å². The van der Waals surface area contributed by atoms with Gasteiger partial charge in [0.1, 0.15) is 21.0 Å². The molecule has 1 atom stereocenters. The Balaban J connectivity index is 1.67. The first-order valence-corrected chi connectivity index (χ1v) is 10.8. The van der Waals surface area contributed by atoms with Gasteiger partial charge in [0.25, 0.3) is 0 Å². The molecule has 4 aromatic rings. The van der Waals surface area contributed by atoms with Crippen molar-refractivity contribution in [3.05, 3.63) is 131 Å². The summed E-state index contributed by atoms with van der Waals surface area (Å²) in [6.07, 6.45) is 0. The fourth-order valence-electron chi connectivity index (χ4n) is 4.72. The Labute approximate surface area is 179 Å². The number of carbonyl (C=O) groups excluding carboxylic acids is 1. The summed E-state index contributed by atoms with van der Waals surface area (Å²) in [6, 6.07) is 36.0. The number of benzene rings is 4. The summed E-state index contributed by atoms with van der Waals surface area (Å²) in [6.45, 7) is 0. The van der Waals surface area contributed by atoms with Gasteiger partial charge in [0.2, 0.25) is 0 Å². The van der Waals surface area contributed by atoms with Crippen LogP contribution < -0.4 is 4.74 Å². The number of Topliss-reactive ketones (excluding diaryl/α,β-unsaturated/α-hetero) is 1. The molecule has 3 heteroatoms. The molecule has 0 aliphatic carbocycles. The highest BCUT2D eigenvalue weighted by molar-refractivity contribution is 8.09. The fourth-order valence-corrected chi connectivity index (χ4v) is 6.58. The van der Waals surface area contributed by atoms with E-state index in [1.54, 1.807) is 11.8 Å². The van der Waals surface area contributed by atoms with Crippen LogP contribution in [0.3, 0.4) is 0 Å². The monoisotopic (exact) mass is 406 g/mol. The Hall–Kier alpha value is -3.30. The lowest BCUT2D eigenvalue weighted by Crippen LogP contribution is -2.33. The molecule has 0 saturated carbocycles. The van der Waals surface area contributed by atoms with Crippen molar-refractivity contribution in [1.82, 2.24) is 0 Å². The minimum Gasteiger partial charge on any atom is -0.457 e. The molecule has 2 nitrogen and oxygen atoms in total. The maximum atomic E-state index is 14.2. The molecule has 144 valence electrons. The molecular formula is C27H18O2S. The first-order valence-electron chi connectivity index (χ1n) is 10.00. The zero-order valence-corrected chi connectivity index (χ0v) is 16.9. The third-order valence-electron chi connectivity index (χ3n) is 6.05. The first-order chi connectivity index (χ1) is 14.8. The van der Waals surface area contributed by atoms with Crippen molar-refractivity contribution in [3.8, 4) is 11.5 Å². The number of hydrogen-bond acceptors (Lipinski definition) is 3. The van der Waals surface area contributed by atoms with Crippen molar-refractivity contribution in [2.75, 3.05) is 0 Å². The minimum absolute atomic E-state index is 0.130. The second-order valence-corrected chi connectivity index (χ2v) is 9.05. The zero-order chi connectivity index (χ0) is 20.2. The lowest BCUT2D eigenvalue weighted by Gasteiger charge is -2.31. The minimum atomic E-state index is -0.744. The van der Waals surface area contributed by atoms with Crippen molar-refractivity contribution in [1.29, 1.82) is 0 Å². The van der Waals surface area contributed by atoms with Crippen LogP contribution >= 0.6 is 11.8 Å². The molecule has 0 radical (unpaired) electrons.